The Morgan fingerprint density at radius 3 is 0.844 bits per heavy atom. The maximum Gasteiger partial charge on any atom is 0.472 e. The van der Waals surface area contributed by atoms with Crippen molar-refractivity contribution in [2.24, 2.45) is 11.8 Å². The number of unbranched alkanes of at least 4 members (excludes halogenated alkanes) is 39. The van der Waals surface area contributed by atoms with Crippen LogP contribution in [0.4, 0.5) is 0 Å². The molecule has 0 aromatic rings. The molecule has 0 amide bonds. The number of phosphoric ester groups is 2. The van der Waals surface area contributed by atoms with Gasteiger partial charge in [-0.2, -0.15) is 0 Å². The SMILES string of the molecule is CCCCCCCCCCCCCCCCC(=O)OC[C@H](COP(=O)(O)OC[C@@H](O)COP(=O)(O)OC[C@@H](COC(=O)CCCCCCCCCCC)OC(=O)CCCCCCCCC(C)C)OC(=O)CCCCCCCCCCCCCCCCC(C)CC. The van der Waals surface area contributed by atoms with Gasteiger partial charge in [0.1, 0.15) is 19.3 Å². The lowest BCUT2D eigenvalue weighted by Gasteiger charge is -2.21. The highest BCUT2D eigenvalue weighted by Gasteiger charge is 2.30. The van der Waals surface area contributed by atoms with Crippen LogP contribution >= 0.6 is 15.6 Å². The standard InChI is InChI=1S/C71H138O17P2/c1-7-10-12-14-16-18-19-20-24-27-31-35-42-48-54-69(74)82-59-66(87-70(75)55-49-43-36-32-28-25-22-21-23-26-30-33-40-46-52-64(6)9-3)61-85-89(77,78)83-57-65(72)58-84-90(79,80)86-62-67(88-71(76)56-50-44-38-37-39-45-51-63(4)5)60-81-68(73)53-47-41-34-29-17-15-13-11-8-2/h63-67,72H,7-62H2,1-6H3,(H,77,78)(H,79,80)/t64?,65-,66-,67-/m1/s1. The summed E-state index contributed by atoms with van der Waals surface area (Å²) in [6, 6.07) is 0. The van der Waals surface area contributed by atoms with Crippen molar-refractivity contribution in [3.8, 4) is 0 Å². The second kappa shape index (κ2) is 63.1. The normalized spacial score (nSPS) is 14.4. The zero-order valence-electron chi connectivity index (χ0n) is 58.4. The second-order valence-corrected chi connectivity index (χ2v) is 29.3. The first kappa shape index (κ1) is 88.1. The summed E-state index contributed by atoms with van der Waals surface area (Å²) in [6.07, 6.45) is 48.7. The van der Waals surface area contributed by atoms with Gasteiger partial charge in [-0.15, -0.1) is 0 Å². The van der Waals surface area contributed by atoms with Crippen LogP contribution in [-0.4, -0.2) is 96.7 Å². The van der Waals surface area contributed by atoms with Crippen molar-refractivity contribution in [1.29, 1.82) is 0 Å². The average Bonchev–Trinajstić information content (AvgIpc) is 2.98. The summed E-state index contributed by atoms with van der Waals surface area (Å²) in [6.45, 7) is 9.50. The van der Waals surface area contributed by atoms with Gasteiger partial charge in [-0.05, 0) is 37.5 Å². The molecule has 0 fully saturated rings. The minimum absolute atomic E-state index is 0.102. The number of carbonyl (C=O) groups excluding carboxylic acids is 4. The molecule has 0 saturated heterocycles. The first-order valence-electron chi connectivity index (χ1n) is 37.0. The number of hydrogen-bond acceptors (Lipinski definition) is 15. The fourth-order valence-electron chi connectivity index (χ4n) is 10.7. The molecule has 0 heterocycles. The molecule has 3 N–H and O–H groups in total. The summed E-state index contributed by atoms with van der Waals surface area (Å²) in [7, 11) is -9.90. The lowest BCUT2D eigenvalue weighted by atomic mass is 9.99. The molecule has 0 saturated carbocycles. The zero-order chi connectivity index (χ0) is 66.5. The van der Waals surface area contributed by atoms with E-state index in [0.717, 1.165) is 95.8 Å². The van der Waals surface area contributed by atoms with Gasteiger partial charge in [-0.3, -0.25) is 37.3 Å². The monoisotopic (exact) mass is 1320 g/mol. The Kier molecular flexibility index (Phi) is 61.8. The number of hydrogen-bond donors (Lipinski definition) is 3. The molecule has 0 aliphatic heterocycles. The molecule has 534 valence electrons. The van der Waals surface area contributed by atoms with E-state index in [1.807, 2.05) is 0 Å². The summed E-state index contributed by atoms with van der Waals surface area (Å²) in [5.41, 5.74) is 0. The summed E-state index contributed by atoms with van der Waals surface area (Å²) >= 11 is 0. The third kappa shape index (κ3) is 63.5. The maximum atomic E-state index is 13.0. The first-order chi connectivity index (χ1) is 43.4. The van der Waals surface area contributed by atoms with Gasteiger partial charge >= 0.3 is 39.5 Å². The summed E-state index contributed by atoms with van der Waals surface area (Å²) in [4.78, 5) is 72.5. The van der Waals surface area contributed by atoms with Crippen LogP contribution in [-0.2, 0) is 65.4 Å². The molecular weight excluding hydrogens is 1190 g/mol. The molecular formula is C71H138O17P2. The smallest absolute Gasteiger partial charge is 0.462 e. The summed E-state index contributed by atoms with van der Waals surface area (Å²) in [5, 5.41) is 10.6. The maximum absolute atomic E-state index is 13.0. The third-order valence-electron chi connectivity index (χ3n) is 16.8. The number of phosphoric acid groups is 2. The predicted octanol–water partition coefficient (Wildman–Crippen LogP) is 20.4. The van der Waals surface area contributed by atoms with Crippen molar-refractivity contribution >= 4 is 39.5 Å². The van der Waals surface area contributed by atoms with E-state index in [9.17, 15) is 43.2 Å². The topological polar surface area (TPSA) is 237 Å². The Labute approximate surface area is 549 Å². The fourth-order valence-corrected chi connectivity index (χ4v) is 12.3. The summed E-state index contributed by atoms with van der Waals surface area (Å²) in [5.74, 6) is -0.612. The van der Waals surface area contributed by atoms with Gasteiger partial charge < -0.3 is 33.8 Å². The molecule has 90 heavy (non-hydrogen) atoms. The van der Waals surface area contributed by atoms with Crippen LogP contribution in [0.1, 0.15) is 363 Å². The molecule has 0 spiro atoms. The van der Waals surface area contributed by atoms with Gasteiger partial charge in [0.2, 0.25) is 0 Å². The lowest BCUT2D eigenvalue weighted by molar-refractivity contribution is -0.161. The molecule has 17 nitrogen and oxygen atoms in total. The first-order valence-corrected chi connectivity index (χ1v) is 40.0. The van der Waals surface area contributed by atoms with E-state index in [2.05, 4.69) is 41.5 Å². The van der Waals surface area contributed by atoms with Crippen LogP contribution in [0.15, 0.2) is 0 Å². The van der Waals surface area contributed by atoms with Gasteiger partial charge in [0, 0.05) is 25.7 Å². The van der Waals surface area contributed by atoms with E-state index >= 15 is 0 Å². The molecule has 0 aromatic carbocycles. The zero-order valence-corrected chi connectivity index (χ0v) is 60.2. The van der Waals surface area contributed by atoms with Crippen LogP contribution in [0.5, 0.6) is 0 Å². The largest absolute Gasteiger partial charge is 0.472 e. The van der Waals surface area contributed by atoms with E-state index in [4.69, 9.17) is 37.0 Å². The Balaban J connectivity index is 5.21. The van der Waals surface area contributed by atoms with E-state index in [1.54, 1.807) is 0 Å². The Bertz CT molecular complexity index is 1750. The quantitative estimate of drug-likeness (QED) is 0.0222. The highest BCUT2D eigenvalue weighted by atomic mass is 31.2. The third-order valence-corrected chi connectivity index (χ3v) is 18.7. The molecule has 3 unspecified atom stereocenters. The van der Waals surface area contributed by atoms with Crippen LogP contribution in [0.25, 0.3) is 0 Å². The van der Waals surface area contributed by atoms with Crippen molar-refractivity contribution in [3.05, 3.63) is 0 Å². The highest BCUT2D eigenvalue weighted by Crippen LogP contribution is 2.45. The Morgan fingerprint density at radius 2 is 0.567 bits per heavy atom. The minimum atomic E-state index is -4.95. The number of aliphatic hydroxyl groups is 1. The lowest BCUT2D eigenvalue weighted by Crippen LogP contribution is -2.30. The van der Waals surface area contributed by atoms with Crippen LogP contribution in [0, 0.1) is 11.8 Å². The number of aliphatic hydroxyl groups excluding tert-OH is 1. The van der Waals surface area contributed by atoms with E-state index in [0.29, 0.717) is 31.6 Å². The van der Waals surface area contributed by atoms with Gasteiger partial charge in [-0.1, -0.05) is 311 Å². The molecule has 0 aliphatic carbocycles. The highest BCUT2D eigenvalue weighted by molar-refractivity contribution is 7.47. The van der Waals surface area contributed by atoms with Crippen molar-refractivity contribution in [3.63, 3.8) is 0 Å². The van der Waals surface area contributed by atoms with Crippen molar-refractivity contribution in [1.82, 2.24) is 0 Å². The average molecular weight is 1330 g/mol. The van der Waals surface area contributed by atoms with Gasteiger partial charge in [0.15, 0.2) is 12.2 Å². The molecule has 0 aliphatic rings. The van der Waals surface area contributed by atoms with E-state index < -0.39 is 97.5 Å². The summed E-state index contributed by atoms with van der Waals surface area (Å²) < 4.78 is 68.2. The number of esters is 4. The van der Waals surface area contributed by atoms with Crippen LogP contribution in [0.3, 0.4) is 0 Å². The van der Waals surface area contributed by atoms with Crippen molar-refractivity contribution in [2.45, 2.75) is 381 Å². The molecule has 0 aromatic heterocycles. The molecule has 6 atom stereocenters. The van der Waals surface area contributed by atoms with Crippen LogP contribution in [0.2, 0.25) is 0 Å². The van der Waals surface area contributed by atoms with E-state index in [1.165, 1.54) is 180 Å². The Morgan fingerprint density at radius 1 is 0.322 bits per heavy atom. The van der Waals surface area contributed by atoms with Crippen molar-refractivity contribution < 1.29 is 80.2 Å². The Hall–Kier alpha value is -1.94. The fraction of sp³-hybridized carbons (Fsp3) is 0.944. The van der Waals surface area contributed by atoms with Crippen LogP contribution < -0.4 is 0 Å². The van der Waals surface area contributed by atoms with Gasteiger partial charge in [0.25, 0.3) is 0 Å². The number of carbonyl (C=O) groups is 4. The molecule has 19 heteroatoms. The second-order valence-electron chi connectivity index (χ2n) is 26.3. The van der Waals surface area contributed by atoms with Gasteiger partial charge in [-0.25, -0.2) is 9.13 Å². The van der Waals surface area contributed by atoms with Crippen molar-refractivity contribution in [2.75, 3.05) is 39.6 Å². The number of rotatable bonds is 70. The molecule has 0 rings (SSSR count). The molecule has 0 bridgehead atoms. The van der Waals surface area contributed by atoms with Gasteiger partial charge in [0.05, 0.1) is 26.4 Å². The minimum Gasteiger partial charge on any atom is -0.462 e. The molecule has 0 radical (unpaired) electrons. The van der Waals surface area contributed by atoms with E-state index in [-0.39, 0.29) is 25.7 Å². The predicted molar refractivity (Wildman–Crippen MR) is 363 cm³/mol. The number of ether oxygens (including phenoxy) is 4.